The van der Waals surface area contributed by atoms with Crippen LogP contribution < -0.4 is 0 Å². The maximum absolute atomic E-state index is 5.87. The van der Waals surface area contributed by atoms with Crippen LogP contribution >= 0.6 is 0 Å². The molecule has 17 heavy (non-hydrogen) atoms. The first kappa shape index (κ1) is 16.9. The quantitative estimate of drug-likeness (QED) is 0.358. The minimum atomic E-state index is -0.349. The zero-order valence-electron chi connectivity index (χ0n) is 12.4. The van der Waals surface area contributed by atoms with Gasteiger partial charge in [0.25, 0.3) is 0 Å². The van der Waals surface area contributed by atoms with Crippen LogP contribution in [0.25, 0.3) is 0 Å². The number of rotatable bonds is 12. The first-order chi connectivity index (χ1) is 8.18. The van der Waals surface area contributed by atoms with E-state index in [4.69, 9.17) is 9.47 Å². The summed E-state index contributed by atoms with van der Waals surface area (Å²) >= 11 is 0. The van der Waals surface area contributed by atoms with Crippen molar-refractivity contribution in [2.45, 2.75) is 84.8 Å². The summed E-state index contributed by atoms with van der Waals surface area (Å²) in [6, 6.07) is 0. The molecule has 2 nitrogen and oxygen atoms in total. The average Bonchev–Trinajstić information content (AvgIpc) is 2.34. The fraction of sp³-hybridized carbons (Fsp3) is 1.00. The molecule has 0 spiro atoms. The Labute approximate surface area is 108 Å². The largest absolute Gasteiger partial charge is 0.350 e. The topological polar surface area (TPSA) is 18.5 Å². The van der Waals surface area contributed by atoms with E-state index in [0.717, 1.165) is 32.5 Å². The molecule has 0 heterocycles. The second-order valence-corrected chi connectivity index (χ2v) is 4.99. The van der Waals surface area contributed by atoms with Crippen molar-refractivity contribution in [1.82, 2.24) is 0 Å². The number of hydrogen-bond acceptors (Lipinski definition) is 2. The normalized spacial score (nSPS) is 12.0. The van der Waals surface area contributed by atoms with Gasteiger partial charge in [-0.2, -0.15) is 0 Å². The second-order valence-electron chi connectivity index (χ2n) is 4.99. The van der Waals surface area contributed by atoms with Crippen LogP contribution in [-0.4, -0.2) is 19.0 Å². The summed E-state index contributed by atoms with van der Waals surface area (Å²) in [5, 5.41) is 0. The molecule has 0 N–H and O–H groups in total. The van der Waals surface area contributed by atoms with Crippen molar-refractivity contribution in [3.63, 3.8) is 0 Å². The Morgan fingerprint density at radius 1 is 0.706 bits per heavy atom. The standard InChI is InChI=1S/C15H32O2/c1-5-8-9-10-11-12-15(4,16-13-6-2)17-14-7-3/h5-14H2,1-4H3. The van der Waals surface area contributed by atoms with Crippen LogP contribution in [-0.2, 0) is 9.47 Å². The fourth-order valence-corrected chi connectivity index (χ4v) is 1.87. The molecule has 0 aliphatic heterocycles. The maximum Gasteiger partial charge on any atom is 0.165 e. The highest BCUT2D eigenvalue weighted by molar-refractivity contribution is 4.64. The van der Waals surface area contributed by atoms with Gasteiger partial charge in [-0.05, 0) is 26.2 Å². The Kier molecular flexibility index (Phi) is 11.0. The highest BCUT2D eigenvalue weighted by atomic mass is 16.7. The summed E-state index contributed by atoms with van der Waals surface area (Å²) in [5.41, 5.74) is 0. The van der Waals surface area contributed by atoms with E-state index in [9.17, 15) is 0 Å². The molecule has 0 aromatic rings. The molecule has 0 unspecified atom stereocenters. The van der Waals surface area contributed by atoms with E-state index < -0.39 is 0 Å². The molecule has 0 radical (unpaired) electrons. The van der Waals surface area contributed by atoms with Gasteiger partial charge >= 0.3 is 0 Å². The van der Waals surface area contributed by atoms with Gasteiger partial charge in [0, 0.05) is 19.6 Å². The molecule has 0 rings (SSSR count). The number of ether oxygens (including phenoxy) is 2. The smallest absolute Gasteiger partial charge is 0.165 e. The van der Waals surface area contributed by atoms with Gasteiger partial charge in [0.15, 0.2) is 5.79 Å². The second kappa shape index (κ2) is 11.0. The van der Waals surface area contributed by atoms with Crippen molar-refractivity contribution >= 4 is 0 Å². The molecule has 0 aromatic carbocycles. The summed E-state index contributed by atoms with van der Waals surface area (Å²) < 4.78 is 11.7. The van der Waals surface area contributed by atoms with Gasteiger partial charge in [0.05, 0.1) is 0 Å². The number of hydrogen-bond donors (Lipinski definition) is 0. The van der Waals surface area contributed by atoms with Gasteiger partial charge in [-0.25, -0.2) is 0 Å². The van der Waals surface area contributed by atoms with E-state index in [1.165, 1.54) is 32.1 Å². The van der Waals surface area contributed by atoms with Crippen LogP contribution in [0.3, 0.4) is 0 Å². The summed E-state index contributed by atoms with van der Waals surface area (Å²) in [5.74, 6) is -0.349. The number of unbranched alkanes of at least 4 members (excludes halogenated alkanes) is 4. The Morgan fingerprint density at radius 3 is 1.71 bits per heavy atom. The van der Waals surface area contributed by atoms with Crippen LogP contribution in [0.5, 0.6) is 0 Å². The first-order valence-electron chi connectivity index (χ1n) is 7.46. The molecular weight excluding hydrogens is 212 g/mol. The molecule has 0 fully saturated rings. The van der Waals surface area contributed by atoms with Crippen molar-refractivity contribution in [2.24, 2.45) is 0 Å². The lowest BCUT2D eigenvalue weighted by Gasteiger charge is -2.30. The van der Waals surface area contributed by atoms with Crippen LogP contribution in [0.2, 0.25) is 0 Å². The Morgan fingerprint density at radius 2 is 1.24 bits per heavy atom. The lowest BCUT2D eigenvalue weighted by atomic mass is 10.1. The third kappa shape index (κ3) is 9.61. The van der Waals surface area contributed by atoms with Crippen molar-refractivity contribution in [3.05, 3.63) is 0 Å². The summed E-state index contributed by atoms with van der Waals surface area (Å²) in [7, 11) is 0. The van der Waals surface area contributed by atoms with Gasteiger partial charge in [0.2, 0.25) is 0 Å². The summed E-state index contributed by atoms with van der Waals surface area (Å²) in [4.78, 5) is 0. The third-order valence-corrected chi connectivity index (χ3v) is 2.96. The molecule has 0 saturated heterocycles. The van der Waals surface area contributed by atoms with Gasteiger partial charge in [-0.15, -0.1) is 0 Å². The highest BCUT2D eigenvalue weighted by Gasteiger charge is 2.24. The molecule has 0 saturated carbocycles. The van der Waals surface area contributed by atoms with E-state index in [2.05, 4.69) is 27.7 Å². The fourth-order valence-electron chi connectivity index (χ4n) is 1.87. The maximum atomic E-state index is 5.87. The molecule has 0 atom stereocenters. The zero-order valence-corrected chi connectivity index (χ0v) is 12.4. The van der Waals surface area contributed by atoms with Gasteiger partial charge in [-0.3, -0.25) is 0 Å². The highest BCUT2D eigenvalue weighted by Crippen LogP contribution is 2.22. The predicted octanol–water partition coefficient (Wildman–Crippen LogP) is 4.92. The van der Waals surface area contributed by atoms with E-state index in [1.807, 2.05) is 0 Å². The van der Waals surface area contributed by atoms with Gasteiger partial charge in [0.1, 0.15) is 0 Å². The molecule has 104 valence electrons. The van der Waals surface area contributed by atoms with E-state index in [0.29, 0.717) is 0 Å². The van der Waals surface area contributed by atoms with E-state index >= 15 is 0 Å². The van der Waals surface area contributed by atoms with Crippen LogP contribution in [0.4, 0.5) is 0 Å². The summed E-state index contributed by atoms with van der Waals surface area (Å²) in [6.07, 6.45) is 9.64. The van der Waals surface area contributed by atoms with Crippen molar-refractivity contribution in [2.75, 3.05) is 13.2 Å². The molecule has 0 aromatic heterocycles. The van der Waals surface area contributed by atoms with Crippen LogP contribution in [0, 0.1) is 0 Å². The molecule has 2 heteroatoms. The van der Waals surface area contributed by atoms with Crippen molar-refractivity contribution < 1.29 is 9.47 Å². The average molecular weight is 244 g/mol. The summed E-state index contributed by atoms with van der Waals surface area (Å²) in [6.45, 7) is 10.2. The Bertz CT molecular complexity index is 149. The van der Waals surface area contributed by atoms with Gasteiger partial charge < -0.3 is 9.47 Å². The molecule has 0 aliphatic carbocycles. The zero-order chi connectivity index (χ0) is 13.0. The third-order valence-electron chi connectivity index (χ3n) is 2.96. The molecule has 0 amide bonds. The molecular formula is C15H32O2. The van der Waals surface area contributed by atoms with Crippen LogP contribution in [0.1, 0.15) is 79.1 Å². The van der Waals surface area contributed by atoms with Crippen molar-refractivity contribution in [3.8, 4) is 0 Å². The minimum Gasteiger partial charge on any atom is -0.350 e. The lowest BCUT2D eigenvalue weighted by molar-refractivity contribution is -0.229. The van der Waals surface area contributed by atoms with Gasteiger partial charge in [-0.1, -0.05) is 46.5 Å². The first-order valence-corrected chi connectivity index (χ1v) is 7.46. The SMILES string of the molecule is CCCCCCCC(C)(OCCC)OCCC. The lowest BCUT2D eigenvalue weighted by Crippen LogP contribution is -2.33. The monoisotopic (exact) mass is 244 g/mol. The minimum absolute atomic E-state index is 0.349. The van der Waals surface area contributed by atoms with E-state index in [-0.39, 0.29) is 5.79 Å². The van der Waals surface area contributed by atoms with Crippen molar-refractivity contribution in [1.29, 1.82) is 0 Å². The Balaban J connectivity index is 3.82. The Hall–Kier alpha value is -0.0800. The predicted molar refractivity (Wildman–Crippen MR) is 74.3 cm³/mol. The molecule has 0 aliphatic rings. The molecule has 0 bridgehead atoms. The van der Waals surface area contributed by atoms with Crippen LogP contribution in [0.15, 0.2) is 0 Å². The van der Waals surface area contributed by atoms with E-state index in [1.54, 1.807) is 0 Å².